The van der Waals surface area contributed by atoms with E-state index in [1.807, 2.05) is 26.0 Å². The molecule has 2 aromatic carbocycles. The molecule has 3 rings (SSSR count). The number of carbonyl (C=O) groups excluding carboxylic acids is 3. The lowest BCUT2D eigenvalue weighted by atomic mass is 10.1. The van der Waals surface area contributed by atoms with Gasteiger partial charge in [0.2, 0.25) is 5.91 Å². The fourth-order valence-corrected chi connectivity index (χ4v) is 3.32. The van der Waals surface area contributed by atoms with E-state index in [0.29, 0.717) is 30.1 Å². The van der Waals surface area contributed by atoms with Crippen LogP contribution in [0.5, 0.6) is 5.75 Å². The minimum absolute atomic E-state index is 0.0760. The summed E-state index contributed by atoms with van der Waals surface area (Å²) in [5.74, 6) is -1.05. The molecule has 1 fully saturated rings. The number of aryl methyl sites for hydroxylation is 2. The van der Waals surface area contributed by atoms with Crippen LogP contribution in [0.4, 0.5) is 17.1 Å². The van der Waals surface area contributed by atoms with E-state index < -0.39 is 11.8 Å². The van der Waals surface area contributed by atoms with Crippen LogP contribution in [0, 0.1) is 13.8 Å². The van der Waals surface area contributed by atoms with Gasteiger partial charge in [-0.15, -0.1) is 0 Å². The van der Waals surface area contributed by atoms with Crippen LogP contribution in [0.2, 0.25) is 0 Å². The average molecular weight is 395 g/mol. The molecule has 0 spiro atoms. The second-order valence-electron chi connectivity index (χ2n) is 7.12. The van der Waals surface area contributed by atoms with E-state index in [-0.39, 0.29) is 5.91 Å². The van der Waals surface area contributed by atoms with Gasteiger partial charge in [0, 0.05) is 24.3 Å². The molecule has 3 amide bonds. The minimum Gasteiger partial charge on any atom is -0.495 e. The molecule has 2 aromatic rings. The van der Waals surface area contributed by atoms with Gasteiger partial charge in [0.05, 0.1) is 12.8 Å². The molecule has 0 radical (unpaired) electrons. The number of rotatable bonds is 4. The van der Waals surface area contributed by atoms with Crippen molar-refractivity contribution in [1.82, 2.24) is 0 Å². The monoisotopic (exact) mass is 395 g/mol. The molecule has 7 nitrogen and oxygen atoms in total. The van der Waals surface area contributed by atoms with E-state index in [2.05, 4.69) is 10.6 Å². The number of carbonyl (C=O) groups is 3. The molecule has 29 heavy (non-hydrogen) atoms. The Balaban J connectivity index is 1.73. The van der Waals surface area contributed by atoms with Gasteiger partial charge in [-0.25, -0.2) is 0 Å². The van der Waals surface area contributed by atoms with Crippen LogP contribution < -0.4 is 20.3 Å². The minimum atomic E-state index is -0.801. The Labute approximate surface area is 170 Å². The van der Waals surface area contributed by atoms with Gasteiger partial charge in [0.25, 0.3) is 0 Å². The number of nitrogens with zero attached hydrogens (tertiary/aromatic N) is 1. The Bertz CT molecular complexity index is 955. The van der Waals surface area contributed by atoms with E-state index in [4.69, 9.17) is 4.74 Å². The van der Waals surface area contributed by atoms with Gasteiger partial charge in [-0.1, -0.05) is 12.1 Å². The van der Waals surface area contributed by atoms with Crippen molar-refractivity contribution in [2.75, 3.05) is 29.2 Å². The first-order valence-electron chi connectivity index (χ1n) is 9.57. The van der Waals surface area contributed by atoms with Crippen molar-refractivity contribution in [1.29, 1.82) is 0 Å². The lowest BCUT2D eigenvalue weighted by Crippen LogP contribution is -2.35. The number of nitrogens with one attached hydrogen (secondary N) is 2. The van der Waals surface area contributed by atoms with Crippen molar-refractivity contribution in [3.8, 4) is 5.75 Å². The Morgan fingerprint density at radius 2 is 1.76 bits per heavy atom. The van der Waals surface area contributed by atoms with Gasteiger partial charge >= 0.3 is 11.8 Å². The van der Waals surface area contributed by atoms with E-state index in [1.54, 1.807) is 29.2 Å². The highest BCUT2D eigenvalue weighted by Gasteiger charge is 2.22. The maximum Gasteiger partial charge on any atom is 0.314 e. The fourth-order valence-electron chi connectivity index (χ4n) is 3.32. The third kappa shape index (κ3) is 4.74. The molecule has 2 N–H and O–H groups in total. The molecule has 0 unspecified atom stereocenters. The number of ether oxygens (including phenoxy) is 1. The smallest absolute Gasteiger partial charge is 0.314 e. The van der Waals surface area contributed by atoms with Crippen LogP contribution in [0.1, 0.15) is 30.4 Å². The summed E-state index contributed by atoms with van der Waals surface area (Å²) in [5, 5.41) is 5.18. The van der Waals surface area contributed by atoms with Crippen LogP contribution in [0.25, 0.3) is 0 Å². The molecule has 1 saturated heterocycles. The zero-order chi connectivity index (χ0) is 21.0. The summed E-state index contributed by atoms with van der Waals surface area (Å²) in [7, 11) is 1.50. The van der Waals surface area contributed by atoms with Crippen LogP contribution in [0.15, 0.2) is 36.4 Å². The standard InChI is InChI=1S/C22H25N3O4/c1-14-7-10-19(29-3)17(12-14)24-22(28)21(27)23-16-9-8-15(2)18(13-16)25-11-5-4-6-20(25)26/h7-10,12-13H,4-6,11H2,1-3H3,(H,23,27)(H,24,28). The summed E-state index contributed by atoms with van der Waals surface area (Å²) in [5.41, 5.74) is 3.51. The average Bonchev–Trinajstić information content (AvgIpc) is 2.70. The van der Waals surface area contributed by atoms with Crippen molar-refractivity contribution in [2.24, 2.45) is 0 Å². The highest BCUT2D eigenvalue weighted by Crippen LogP contribution is 2.28. The van der Waals surface area contributed by atoms with Crippen LogP contribution in [0.3, 0.4) is 0 Å². The number of methoxy groups -OCH3 is 1. The molecular weight excluding hydrogens is 370 g/mol. The van der Waals surface area contributed by atoms with Gasteiger partial charge in [-0.2, -0.15) is 0 Å². The van der Waals surface area contributed by atoms with Gasteiger partial charge < -0.3 is 20.3 Å². The van der Waals surface area contributed by atoms with Gasteiger partial charge in [0.1, 0.15) is 5.75 Å². The summed E-state index contributed by atoms with van der Waals surface area (Å²) in [6.07, 6.45) is 2.37. The molecule has 0 saturated carbocycles. The molecule has 152 valence electrons. The molecule has 0 aromatic heterocycles. The van der Waals surface area contributed by atoms with Crippen molar-refractivity contribution in [3.63, 3.8) is 0 Å². The molecule has 1 heterocycles. The van der Waals surface area contributed by atoms with Crippen LogP contribution in [-0.2, 0) is 14.4 Å². The Morgan fingerprint density at radius 3 is 2.48 bits per heavy atom. The second-order valence-corrected chi connectivity index (χ2v) is 7.12. The predicted octanol–water partition coefficient (Wildman–Crippen LogP) is 3.41. The molecular formula is C22H25N3O4. The maximum atomic E-state index is 12.4. The number of anilines is 3. The number of amides is 3. The van der Waals surface area contributed by atoms with E-state index in [9.17, 15) is 14.4 Å². The number of piperidine rings is 1. The van der Waals surface area contributed by atoms with Gasteiger partial charge in [-0.05, 0) is 62.1 Å². The quantitative estimate of drug-likeness (QED) is 0.777. The van der Waals surface area contributed by atoms with Crippen LogP contribution in [-0.4, -0.2) is 31.4 Å². The summed E-state index contributed by atoms with van der Waals surface area (Å²) in [6, 6.07) is 10.6. The Morgan fingerprint density at radius 1 is 1.00 bits per heavy atom. The highest BCUT2D eigenvalue weighted by molar-refractivity contribution is 6.43. The van der Waals surface area contributed by atoms with E-state index >= 15 is 0 Å². The highest BCUT2D eigenvalue weighted by atomic mass is 16.5. The maximum absolute atomic E-state index is 12.4. The molecule has 7 heteroatoms. The first-order valence-corrected chi connectivity index (χ1v) is 9.57. The van der Waals surface area contributed by atoms with Gasteiger partial charge in [-0.3, -0.25) is 14.4 Å². The number of benzene rings is 2. The van der Waals surface area contributed by atoms with Crippen LogP contribution >= 0.6 is 0 Å². The number of hydrogen-bond donors (Lipinski definition) is 2. The molecule has 0 bridgehead atoms. The lowest BCUT2D eigenvalue weighted by molar-refractivity contribution is -0.133. The Hall–Kier alpha value is -3.35. The summed E-state index contributed by atoms with van der Waals surface area (Å²) in [6.45, 7) is 4.45. The third-order valence-corrected chi connectivity index (χ3v) is 4.89. The van der Waals surface area contributed by atoms with Crippen molar-refractivity contribution in [3.05, 3.63) is 47.5 Å². The topological polar surface area (TPSA) is 87.7 Å². The van der Waals surface area contributed by atoms with Crippen molar-refractivity contribution in [2.45, 2.75) is 33.1 Å². The third-order valence-electron chi connectivity index (χ3n) is 4.89. The number of hydrogen-bond acceptors (Lipinski definition) is 4. The second kappa shape index (κ2) is 8.77. The van der Waals surface area contributed by atoms with Crippen molar-refractivity contribution < 1.29 is 19.1 Å². The normalized spacial score (nSPS) is 13.8. The van der Waals surface area contributed by atoms with Gasteiger partial charge in [0.15, 0.2) is 0 Å². The summed E-state index contributed by atoms with van der Waals surface area (Å²) in [4.78, 5) is 38.7. The van der Waals surface area contributed by atoms with E-state index in [0.717, 1.165) is 29.7 Å². The zero-order valence-electron chi connectivity index (χ0n) is 16.9. The first-order chi connectivity index (χ1) is 13.9. The summed E-state index contributed by atoms with van der Waals surface area (Å²) < 4.78 is 5.22. The van der Waals surface area contributed by atoms with Crippen molar-refractivity contribution >= 4 is 34.8 Å². The molecule has 0 aliphatic carbocycles. The first kappa shape index (κ1) is 20.4. The zero-order valence-corrected chi connectivity index (χ0v) is 16.9. The Kier molecular flexibility index (Phi) is 6.16. The molecule has 1 aliphatic rings. The predicted molar refractivity (Wildman–Crippen MR) is 112 cm³/mol. The SMILES string of the molecule is COc1ccc(C)cc1NC(=O)C(=O)Nc1ccc(C)c(N2CCCCC2=O)c1. The molecule has 1 aliphatic heterocycles. The fraction of sp³-hybridized carbons (Fsp3) is 0.318. The summed E-state index contributed by atoms with van der Waals surface area (Å²) >= 11 is 0. The lowest BCUT2D eigenvalue weighted by Gasteiger charge is -2.28. The molecule has 0 atom stereocenters. The largest absolute Gasteiger partial charge is 0.495 e. The van der Waals surface area contributed by atoms with E-state index in [1.165, 1.54) is 7.11 Å².